The van der Waals surface area contributed by atoms with Crippen molar-refractivity contribution in [3.05, 3.63) is 59.7 Å². The van der Waals surface area contributed by atoms with Gasteiger partial charge in [-0.2, -0.15) is 0 Å². The highest BCUT2D eigenvalue weighted by atomic mass is 32.2. The van der Waals surface area contributed by atoms with Gasteiger partial charge in [0.2, 0.25) is 5.91 Å². The van der Waals surface area contributed by atoms with E-state index in [0.717, 1.165) is 11.3 Å². The smallest absolute Gasteiger partial charge is 0.239 e. The third-order valence-electron chi connectivity index (χ3n) is 4.23. The van der Waals surface area contributed by atoms with Crippen LogP contribution in [0.3, 0.4) is 0 Å². The molecule has 0 bridgehead atoms. The summed E-state index contributed by atoms with van der Waals surface area (Å²) >= 11 is 0. The summed E-state index contributed by atoms with van der Waals surface area (Å²) in [7, 11) is 0.279. The molecule has 0 saturated heterocycles. The van der Waals surface area contributed by atoms with E-state index in [4.69, 9.17) is 4.74 Å². The number of nitrogens with one attached hydrogen (secondary N) is 1. The molecule has 0 aromatic heterocycles. The maximum atomic E-state index is 12.5. The van der Waals surface area contributed by atoms with E-state index in [1.807, 2.05) is 48.5 Å². The SMILES string of the molecule is COc1cccc(CS(=O)C(C)C(=O)Nc2ccc(C(C)(C)C)cc2)c1. The van der Waals surface area contributed by atoms with Crippen LogP contribution in [0.25, 0.3) is 0 Å². The lowest BCUT2D eigenvalue weighted by atomic mass is 9.87. The summed E-state index contributed by atoms with van der Waals surface area (Å²) in [6, 6.07) is 15.2. The number of amides is 1. The first-order valence-corrected chi connectivity index (χ1v) is 10.0. The molecule has 2 aromatic carbocycles. The molecule has 0 aliphatic rings. The molecule has 2 rings (SSSR count). The third-order valence-corrected chi connectivity index (χ3v) is 5.85. The fourth-order valence-corrected chi connectivity index (χ4v) is 3.52. The largest absolute Gasteiger partial charge is 0.497 e. The van der Waals surface area contributed by atoms with Gasteiger partial charge in [0, 0.05) is 22.2 Å². The first-order valence-electron chi connectivity index (χ1n) is 8.62. The number of methoxy groups -OCH3 is 1. The Bertz CT molecular complexity index is 779. The number of benzene rings is 2. The van der Waals surface area contributed by atoms with E-state index in [2.05, 4.69) is 26.1 Å². The van der Waals surface area contributed by atoms with Crippen LogP contribution in [0.1, 0.15) is 38.8 Å². The molecule has 1 amide bonds. The van der Waals surface area contributed by atoms with E-state index in [1.54, 1.807) is 14.0 Å². The average molecular weight is 374 g/mol. The Morgan fingerprint density at radius 3 is 2.38 bits per heavy atom. The number of hydrogen-bond acceptors (Lipinski definition) is 3. The van der Waals surface area contributed by atoms with Gasteiger partial charge in [0.25, 0.3) is 0 Å². The molecular formula is C21H27NO3S. The molecule has 1 N–H and O–H groups in total. The Hall–Kier alpha value is -2.14. The van der Waals surface area contributed by atoms with Crippen molar-refractivity contribution in [3.8, 4) is 5.75 Å². The van der Waals surface area contributed by atoms with Gasteiger partial charge < -0.3 is 10.1 Å². The molecule has 5 heteroatoms. The molecule has 0 fully saturated rings. The summed E-state index contributed by atoms with van der Waals surface area (Å²) in [5.74, 6) is 0.791. The molecule has 0 heterocycles. The van der Waals surface area contributed by atoms with Crippen LogP contribution >= 0.6 is 0 Å². The molecule has 0 aliphatic heterocycles. The van der Waals surface area contributed by atoms with Crippen LogP contribution in [0, 0.1) is 0 Å². The number of carbonyl (C=O) groups is 1. The Morgan fingerprint density at radius 2 is 1.81 bits per heavy atom. The van der Waals surface area contributed by atoms with Crippen molar-refractivity contribution in [2.75, 3.05) is 12.4 Å². The minimum atomic E-state index is -1.32. The number of carbonyl (C=O) groups excluding carboxylic acids is 1. The Balaban J connectivity index is 1.98. The van der Waals surface area contributed by atoms with E-state index >= 15 is 0 Å². The molecule has 0 radical (unpaired) electrons. The van der Waals surface area contributed by atoms with Crippen LogP contribution in [0.15, 0.2) is 48.5 Å². The molecule has 2 unspecified atom stereocenters. The van der Waals surface area contributed by atoms with Gasteiger partial charge >= 0.3 is 0 Å². The van der Waals surface area contributed by atoms with Crippen molar-refractivity contribution in [2.24, 2.45) is 0 Å². The predicted octanol–water partition coefficient (Wildman–Crippen LogP) is 4.27. The summed E-state index contributed by atoms with van der Waals surface area (Å²) in [6.07, 6.45) is 0. The van der Waals surface area contributed by atoms with Gasteiger partial charge in [0.15, 0.2) is 0 Å². The molecule has 140 valence electrons. The zero-order chi connectivity index (χ0) is 19.3. The topological polar surface area (TPSA) is 55.4 Å². The van der Waals surface area contributed by atoms with Crippen LogP contribution < -0.4 is 10.1 Å². The van der Waals surface area contributed by atoms with Gasteiger partial charge in [-0.1, -0.05) is 45.0 Å². The first-order chi connectivity index (χ1) is 12.2. The third kappa shape index (κ3) is 5.43. The molecular weight excluding hydrogens is 346 g/mol. The quantitative estimate of drug-likeness (QED) is 0.823. The number of anilines is 1. The van der Waals surface area contributed by atoms with Crippen molar-refractivity contribution < 1.29 is 13.7 Å². The van der Waals surface area contributed by atoms with Crippen LogP contribution in [-0.4, -0.2) is 22.5 Å². The average Bonchev–Trinajstić information content (AvgIpc) is 2.60. The van der Waals surface area contributed by atoms with Crippen molar-refractivity contribution in [1.29, 1.82) is 0 Å². The zero-order valence-corrected chi connectivity index (χ0v) is 16.9. The standard InChI is InChI=1S/C21H27NO3S/c1-15(26(24)14-16-7-6-8-19(13-16)25-5)20(23)22-18-11-9-17(10-12-18)21(2,3)4/h6-13,15H,14H2,1-5H3,(H,22,23). The lowest BCUT2D eigenvalue weighted by molar-refractivity contribution is -0.115. The molecule has 2 atom stereocenters. The summed E-state index contributed by atoms with van der Waals surface area (Å²) in [5, 5.41) is 2.25. The highest BCUT2D eigenvalue weighted by Gasteiger charge is 2.21. The van der Waals surface area contributed by atoms with Gasteiger partial charge in [-0.05, 0) is 47.7 Å². The molecule has 2 aromatic rings. The predicted molar refractivity (Wildman–Crippen MR) is 108 cm³/mol. The minimum absolute atomic E-state index is 0.0636. The highest BCUT2D eigenvalue weighted by molar-refractivity contribution is 7.85. The summed E-state index contributed by atoms with van der Waals surface area (Å²) in [5.41, 5.74) is 2.86. The maximum absolute atomic E-state index is 12.5. The van der Waals surface area contributed by atoms with Crippen molar-refractivity contribution >= 4 is 22.4 Å². The normalized spacial score (nSPS) is 13.7. The lowest BCUT2D eigenvalue weighted by Crippen LogP contribution is -2.29. The maximum Gasteiger partial charge on any atom is 0.239 e. The second-order valence-corrected chi connectivity index (χ2v) is 9.09. The van der Waals surface area contributed by atoms with Crippen molar-refractivity contribution in [1.82, 2.24) is 0 Å². The minimum Gasteiger partial charge on any atom is -0.497 e. The van der Waals surface area contributed by atoms with Gasteiger partial charge in [0.05, 0.1) is 7.11 Å². The van der Waals surface area contributed by atoms with Crippen molar-refractivity contribution in [2.45, 2.75) is 44.1 Å². The number of rotatable bonds is 6. The fraction of sp³-hybridized carbons (Fsp3) is 0.381. The zero-order valence-electron chi connectivity index (χ0n) is 16.0. The summed E-state index contributed by atoms with van der Waals surface area (Å²) in [6.45, 7) is 8.12. The summed E-state index contributed by atoms with van der Waals surface area (Å²) < 4.78 is 17.7. The second kappa shape index (κ2) is 8.49. The number of hydrogen-bond donors (Lipinski definition) is 1. The molecule has 0 spiro atoms. The number of ether oxygens (including phenoxy) is 1. The van der Waals surface area contributed by atoms with E-state index in [9.17, 15) is 9.00 Å². The van der Waals surface area contributed by atoms with Crippen LogP contribution in [0.4, 0.5) is 5.69 Å². The van der Waals surface area contributed by atoms with Crippen molar-refractivity contribution in [3.63, 3.8) is 0 Å². The first kappa shape index (κ1) is 20.2. The molecule has 4 nitrogen and oxygen atoms in total. The van der Waals surface area contributed by atoms with E-state index in [1.165, 1.54) is 5.56 Å². The molecule has 0 aliphatic carbocycles. The van der Waals surface area contributed by atoms with E-state index in [-0.39, 0.29) is 11.3 Å². The van der Waals surface area contributed by atoms with E-state index < -0.39 is 16.0 Å². The molecule has 26 heavy (non-hydrogen) atoms. The molecule has 0 saturated carbocycles. The lowest BCUT2D eigenvalue weighted by Gasteiger charge is -2.19. The second-order valence-electron chi connectivity index (χ2n) is 7.34. The Morgan fingerprint density at radius 1 is 1.15 bits per heavy atom. The van der Waals surface area contributed by atoms with Gasteiger partial charge in [-0.3, -0.25) is 9.00 Å². The Labute approximate surface area is 158 Å². The monoisotopic (exact) mass is 373 g/mol. The van der Waals surface area contributed by atoms with Crippen LogP contribution in [0.5, 0.6) is 5.75 Å². The van der Waals surface area contributed by atoms with Gasteiger partial charge in [-0.25, -0.2) is 0 Å². The van der Waals surface area contributed by atoms with Gasteiger partial charge in [-0.15, -0.1) is 0 Å². The summed E-state index contributed by atoms with van der Waals surface area (Å²) in [4.78, 5) is 12.4. The van der Waals surface area contributed by atoms with Crippen LogP contribution in [0.2, 0.25) is 0 Å². The highest BCUT2D eigenvalue weighted by Crippen LogP contribution is 2.23. The fourth-order valence-electron chi connectivity index (χ4n) is 2.47. The van der Waals surface area contributed by atoms with E-state index in [0.29, 0.717) is 11.4 Å². The Kier molecular flexibility index (Phi) is 6.59. The van der Waals surface area contributed by atoms with Crippen LogP contribution in [-0.2, 0) is 26.8 Å². The van der Waals surface area contributed by atoms with Gasteiger partial charge in [0.1, 0.15) is 11.0 Å².